The molecule has 7 nitrogen and oxygen atoms in total. The molecule has 20 heavy (non-hydrogen) atoms. The Bertz CT molecular complexity index is 445. The second-order valence-corrected chi connectivity index (χ2v) is 4.55. The Labute approximate surface area is 118 Å². The Morgan fingerprint density at radius 3 is 2.75 bits per heavy atom. The van der Waals surface area contributed by atoms with Crippen LogP contribution in [0, 0.1) is 10.1 Å². The molecular weight excluding hydrogens is 262 g/mol. The maximum atomic E-state index is 11.9. The largest absolute Gasteiger partial charge is 0.464 e. The maximum Gasteiger partial charge on any atom is 0.381 e. The summed E-state index contributed by atoms with van der Waals surface area (Å²) in [6, 6.07) is -0.534. The van der Waals surface area contributed by atoms with Gasteiger partial charge in [-0.3, -0.25) is 4.57 Å². The first-order chi connectivity index (χ1) is 9.60. The molecule has 7 heteroatoms. The van der Waals surface area contributed by atoms with E-state index in [9.17, 15) is 14.9 Å². The summed E-state index contributed by atoms with van der Waals surface area (Å²) in [6.07, 6.45) is 7.33. The molecule has 0 fully saturated rings. The number of carbonyl (C=O) groups is 1. The number of nitrogens with zero attached hydrogens (tertiary/aromatic N) is 3. The normalized spacial score (nSPS) is 12.1. The number of aromatic nitrogens is 2. The molecule has 0 amide bonds. The van der Waals surface area contributed by atoms with Crippen LogP contribution in [0.3, 0.4) is 0 Å². The van der Waals surface area contributed by atoms with Crippen LogP contribution < -0.4 is 0 Å². The van der Waals surface area contributed by atoms with Crippen LogP contribution in [0.15, 0.2) is 12.5 Å². The minimum absolute atomic E-state index is 0.257. The highest BCUT2D eigenvalue weighted by Gasteiger charge is 2.24. The number of hydrogen-bond donors (Lipinski definition) is 0. The summed E-state index contributed by atoms with van der Waals surface area (Å²) in [6.45, 7) is 4.14. The van der Waals surface area contributed by atoms with Crippen molar-refractivity contribution in [2.45, 2.75) is 52.0 Å². The molecule has 1 heterocycles. The van der Waals surface area contributed by atoms with Gasteiger partial charge in [0.2, 0.25) is 6.33 Å². The number of carbonyl (C=O) groups excluding carboxylic acids is 1. The molecule has 0 N–H and O–H groups in total. The van der Waals surface area contributed by atoms with Crippen molar-refractivity contribution in [3.63, 3.8) is 0 Å². The van der Waals surface area contributed by atoms with Gasteiger partial charge in [0.1, 0.15) is 12.2 Å². The van der Waals surface area contributed by atoms with Gasteiger partial charge in [-0.15, -0.1) is 0 Å². The lowest BCUT2D eigenvalue weighted by Crippen LogP contribution is -2.21. The van der Waals surface area contributed by atoms with Crippen molar-refractivity contribution in [2.75, 3.05) is 6.61 Å². The third-order valence-electron chi connectivity index (χ3n) is 3.02. The summed E-state index contributed by atoms with van der Waals surface area (Å²) < 4.78 is 6.50. The van der Waals surface area contributed by atoms with Gasteiger partial charge in [-0.05, 0) is 23.3 Å². The fourth-order valence-electron chi connectivity index (χ4n) is 1.98. The van der Waals surface area contributed by atoms with E-state index in [0.29, 0.717) is 13.0 Å². The van der Waals surface area contributed by atoms with Crippen LogP contribution >= 0.6 is 0 Å². The van der Waals surface area contributed by atoms with Gasteiger partial charge in [-0.2, -0.15) is 0 Å². The lowest BCUT2D eigenvalue weighted by atomic mass is 10.1. The Morgan fingerprint density at radius 1 is 1.45 bits per heavy atom. The number of ether oxygens (including phenoxy) is 1. The fourth-order valence-corrected chi connectivity index (χ4v) is 1.98. The number of hydrogen-bond acceptors (Lipinski definition) is 5. The highest BCUT2D eigenvalue weighted by atomic mass is 16.6. The van der Waals surface area contributed by atoms with E-state index in [1.807, 2.05) is 0 Å². The van der Waals surface area contributed by atoms with E-state index in [2.05, 4.69) is 11.9 Å². The van der Waals surface area contributed by atoms with Crippen LogP contribution in [-0.4, -0.2) is 27.1 Å². The van der Waals surface area contributed by atoms with Crippen molar-refractivity contribution in [3.8, 4) is 0 Å². The lowest BCUT2D eigenvalue weighted by molar-refractivity contribution is -0.389. The first kappa shape index (κ1) is 16.1. The Balaban J connectivity index is 2.74. The summed E-state index contributed by atoms with van der Waals surface area (Å²) >= 11 is 0. The zero-order valence-corrected chi connectivity index (χ0v) is 11.9. The smallest absolute Gasteiger partial charge is 0.381 e. The molecule has 0 aliphatic carbocycles. The Hall–Kier alpha value is -1.92. The predicted molar refractivity (Wildman–Crippen MR) is 73.3 cm³/mol. The molecule has 0 aromatic carbocycles. The van der Waals surface area contributed by atoms with Crippen LogP contribution in [0.25, 0.3) is 0 Å². The number of esters is 1. The van der Waals surface area contributed by atoms with Gasteiger partial charge in [-0.1, -0.05) is 32.6 Å². The molecule has 0 aliphatic heterocycles. The van der Waals surface area contributed by atoms with Crippen molar-refractivity contribution in [1.82, 2.24) is 9.55 Å². The van der Waals surface area contributed by atoms with Crippen molar-refractivity contribution < 1.29 is 14.5 Å². The van der Waals surface area contributed by atoms with E-state index >= 15 is 0 Å². The topological polar surface area (TPSA) is 87.3 Å². The van der Waals surface area contributed by atoms with Gasteiger partial charge >= 0.3 is 11.8 Å². The van der Waals surface area contributed by atoms with Crippen LogP contribution in [0.4, 0.5) is 5.82 Å². The highest BCUT2D eigenvalue weighted by Crippen LogP contribution is 2.20. The van der Waals surface area contributed by atoms with E-state index in [1.165, 1.54) is 17.1 Å². The first-order valence-electron chi connectivity index (χ1n) is 6.94. The number of rotatable bonds is 9. The molecule has 0 aliphatic rings. The molecule has 1 aromatic rings. The highest BCUT2D eigenvalue weighted by molar-refractivity contribution is 5.74. The second kappa shape index (κ2) is 8.29. The van der Waals surface area contributed by atoms with Crippen LogP contribution in [0.5, 0.6) is 0 Å². The van der Waals surface area contributed by atoms with Gasteiger partial charge in [0, 0.05) is 0 Å². The summed E-state index contributed by atoms with van der Waals surface area (Å²) in [4.78, 5) is 25.7. The summed E-state index contributed by atoms with van der Waals surface area (Å²) in [5.41, 5.74) is 0. The molecular formula is C13H21N3O4. The van der Waals surface area contributed by atoms with Crippen molar-refractivity contribution >= 4 is 11.8 Å². The molecule has 0 unspecified atom stereocenters. The van der Waals surface area contributed by atoms with Crippen LogP contribution in [0.1, 0.15) is 52.0 Å². The van der Waals surface area contributed by atoms with Crippen molar-refractivity contribution in [1.29, 1.82) is 0 Å². The number of imidazole rings is 1. The lowest BCUT2D eigenvalue weighted by Gasteiger charge is -2.15. The van der Waals surface area contributed by atoms with Crippen LogP contribution in [0.2, 0.25) is 0 Å². The molecule has 0 spiro atoms. The molecule has 1 atom stereocenters. The molecule has 1 aromatic heterocycles. The minimum Gasteiger partial charge on any atom is -0.464 e. The van der Waals surface area contributed by atoms with E-state index in [0.717, 1.165) is 25.7 Å². The van der Waals surface area contributed by atoms with E-state index in [1.54, 1.807) is 6.92 Å². The Kier molecular flexibility index (Phi) is 6.69. The van der Waals surface area contributed by atoms with Crippen molar-refractivity contribution in [3.05, 3.63) is 22.6 Å². The van der Waals surface area contributed by atoms with Gasteiger partial charge in [-0.25, -0.2) is 4.79 Å². The number of nitro groups is 1. The van der Waals surface area contributed by atoms with E-state index < -0.39 is 11.0 Å². The summed E-state index contributed by atoms with van der Waals surface area (Å²) in [7, 11) is 0. The molecule has 0 saturated heterocycles. The van der Waals surface area contributed by atoms with Gasteiger partial charge in [0.15, 0.2) is 0 Å². The molecule has 112 valence electrons. The fraction of sp³-hybridized carbons (Fsp3) is 0.692. The van der Waals surface area contributed by atoms with Gasteiger partial charge in [0.05, 0.1) is 6.61 Å². The predicted octanol–water partition coefficient (Wildman–Crippen LogP) is 2.87. The zero-order valence-electron chi connectivity index (χ0n) is 11.9. The summed E-state index contributed by atoms with van der Waals surface area (Å²) in [5, 5.41) is 10.6. The first-order valence-corrected chi connectivity index (χ1v) is 6.94. The standard InChI is InChI=1S/C13H21N3O4/c1-3-5-6-7-8-11(13(17)20-4-2)15-9-12(14-10-15)16(18)19/h9-11H,3-8H2,1-2H3/t11-/m1/s1. The quantitative estimate of drug-likeness (QED) is 0.301. The SMILES string of the molecule is CCCCCC[C@H](C(=O)OCC)n1cnc([N+](=O)[O-])c1. The van der Waals surface area contributed by atoms with Gasteiger partial charge < -0.3 is 14.9 Å². The van der Waals surface area contributed by atoms with Gasteiger partial charge in [0.25, 0.3) is 0 Å². The minimum atomic E-state index is -0.574. The Morgan fingerprint density at radius 2 is 2.20 bits per heavy atom. The molecule has 1 rings (SSSR count). The molecule has 0 saturated carbocycles. The average molecular weight is 283 g/mol. The summed E-state index contributed by atoms with van der Waals surface area (Å²) in [5.74, 6) is -0.621. The van der Waals surface area contributed by atoms with E-state index in [4.69, 9.17) is 4.74 Å². The zero-order chi connectivity index (χ0) is 15.0. The average Bonchev–Trinajstić information content (AvgIpc) is 2.88. The molecule has 0 bridgehead atoms. The van der Waals surface area contributed by atoms with E-state index in [-0.39, 0.29) is 11.8 Å². The second-order valence-electron chi connectivity index (χ2n) is 4.55. The van der Waals surface area contributed by atoms with Crippen molar-refractivity contribution in [2.24, 2.45) is 0 Å². The third-order valence-corrected chi connectivity index (χ3v) is 3.02. The third kappa shape index (κ3) is 4.64. The van der Waals surface area contributed by atoms with Crippen LogP contribution in [-0.2, 0) is 9.53 Å². The maximum absolute atomic E-state index is 11.9. The monoisotopic (exact) mass is 283 g/mol. The molecule has 0 radical (unpaired) electrons. The number of unbranched alkanes of at least 4 members (excludes halogenated alkanes) is 3.